The summed E-state index contributed by atoms with van der Waals surface area (Å²) < 4.78 is 9.69. The number of hydrogen-bond acceptors (Lipinski definition) is 0. The molecule has 14 rings (SSSR count). The average molecular weight is 871 g/mol. The van der Waals surface area contributed by atoms with Crippen LogP contribution in [-0.2, 0) is 11.8 Å². The maximum atomic E-state index is 6.72. The highest BCUT2D eigenvalue weighted by Crippen LogP contribution is 2.51. The van der Waals surface area contributed by atoms with Gasteiger partial charge in [0.05, 0.1) is 44.5 Å². The number of aromatic nitrogens is 4. The van der Waals surface area contributed by atoms with E-state index in [2.05, 4.69) is 239 Å². The largest absolute Gasteiger partial charge is 0.309 e. The Morgan fingerprint density at radius 2 is 1.07 bits per heavy atom. The summed E-state index contributed by atoms with van der Waals surface area (Å²) in [6.45, 7) is 6.87. The lowest BCUT2D eigenvalue weighted by Crippen LogP contribution is -2.15. The Morgan fingerprint density at radius 1 is 0.544 bits per heavy atom. The molecule has 0 amide bonds. The molecule has 12 aromatic rings. The number of hydrogen-bond donors (Lipinski definition) is 0. The van der Waals surface area contributed by atoms with Gasteiger partial charge < -0.3 is 18.3 Å². The second-order valence-corrected chi connectivity index (χ2v) is 19.0. The van der Waals surface area contributed by atoms with Gasteiger partial charge in [0.15, 0.2) is 0 Å². The summed E-state index contributed by atoms with van der Waals surface area (Å²) >= 11 is 0. The molecule has 0 unspecified atom stereocenters. The lowest BCUT2D eigenvalue weighted by molar-refractivity contribution is 0.660. The normalized spacial score (nSPS) is 14.1. The molecule has 0 spiro atoms. The number of para-hydroxylation sites is 5. The predicted molar refractivity (Wildman–Crippen MR) is 286 cm³/mol. The number of terminal acetylenes is 1. The molecule has 0 fully saturated rings. The fraction of sp³-hybridized carbons (Fsp3) is 0.0938. The fourth-order valence-corrected chi connectivity index (χ4v) is 12.4. The smallest absolute Gasteiger partial charge is 0.107 e. The Balaban J connectivity index is 0.966. The minimum atomic E-state index is -0.203. The van der Waals surface area contributed by atoms with Gasteiger partial charge in [-0.1, -0.05) is 141 Å². The van der Waals surface area contributed by atoms with E-state index in [1.54, 1.807) is 0 Å². The first-order valence-electron chi connectivity index (χ1n) is 23.8. The van der Waals surface area contributed by atoms with E-state index in [4.69, 9.17) is 6.42 Å². The topological polar surface area (TPSA) is 19.7 Å². The van der Waals surface area contributed by atoms with Crippen LogP contribution in [0.5, 0.6) is 0 Å². The fourth-order valence-electron chi connectivity index (χ4n) is 12.4. The highest BCUT2D eigenvalue weighted by atomic mass is 15.0. The summed E-state index contributed by atoms with van der Waals surface area (Å²) in [5.41, 5.74) is 21.0. The van der Waals surface area contributed by atoms with Crippen LogP contribution >= 0.6 is 0 Å². The summed E-state index contributed by atoms with van der Waals surface area (Å²) in [5, 5.41) is 7.42. The van der Waals surface area contributed by atoms with Crippen molar-refractivity contribution in [3.63, 3.8) is 0 Å². The van der Waals surface area contributed by atoms with E-state index in [0.29, 0.717) is 0 Å². The van der Waals surface area contributed by atoms with Gasteiger partial charge in [-0.15, -0.1) is 6.42 Å². The van der Waals surface area contributed by atoms with Gasteiger partial charge >= 0.3 is 0 Å². The van der Waals surface area contributed by atoms with E-state index in [0.717, 1.165) is 52.1 Å². The third-order valence-corrected chi connectivity index (χ3v) is 15.3. The van der Waals surface area contributed by atoms with Crippen molar-refractivity contribution in [1.29, 1.82) is 0 Å². The lowest BCUT2D eigenvalue weighted by Gasteiger charge is -2.22. The molecule has 68 heavy (non-hydrogen) atoms. The standard InChI is InChI=1S/C64H46N4/c1-5-52-62(53(6-2)67-54-26-13-7-20-42(54)43-21-8-14-27-55(43)67)46-24-11-17-30-58(46)65(52)40-34-36-50-48(38-40)49-39-41(35-37-51(49)64(50,3)4)66-59-31-18-12-25-47(59)63-60(66)32-19-33-61(63)68-56-28-15-9-22-44(56)45-23-10-16-29-57(45)68/h1,6-7,9-20,22-39H,8,21H2,2-4H3/b53-6+. The van der Waals surface area contributed by atoms with E-state index in [1.165, 1.54) is 93.7 Å². The molecule has 0 bridgehead atoms. The Bertz CT molecular complexity index is 4200. The van der Waals surface area contributed by atoms with Crippen LogP contribution in [0.4, 0.5) is 0 Å². The highest BCUT2D eigenvalue weighted by Gasteiger charge is 2.37. The van der Waals surface area contributed by atoms with Crippen molar-refractivity contribution in [3.05, 3.63) is 222 Å². The molecule has 0 atom stereocenters. The number of nitrogens with zero attached hydrogens (tertiary/aromatic N) is 4. The number of aryl methyl sites for hydroxylation is 1. The number of fused-ring (bicyclic) bond motifs is 13. The maximum Gasteiger partial charge on any atom is 0.107 e. The van der Waals surface area contributed by atoms with Crippen molar-refractivity contribution in [2.24, 2.45) is 0 Å². The van der Waals surface area contributed by atoms with Crippen molar-refractivity contribution < 1.29 is 0 Å². The van der Waals surface area contributed by atoms with Gasteiger partial charge in [-0.25, -0.2) is 0 Å². The molecule has 0 N–H and O–H groups in total. The lowest BCUT2D eigenvalue weighted by atomic mass is 9.82. The van der Waals surface area contributed by atoms with Gasteiger partial charge in [0, 0.05) is 60.4 Å². The van der Waals surface area contributed by atoms with Gasteiger partial charge in [0.1, 0.15) is 5.69 Å². The monoisotopic (exact) mass is 870 g/mol. The van der Waals surface area contributed by atoms with Crippen LogP contribution < -0.4 is 0 Å². The Kier molecular flexibility index (Phi) is 8.11. The van der Waals surface area contributed by atoms with Gasteiger partial charge in [0.2, 0.25) is 0 Å². The Hall–Kier alpha value is -8.52. The minimum Gasteiger partial charge on any atom is -0.309 e. The molecule has 4 heteroatoms. The maximum absolute atomic E-state index is 6.72. The Labute approximate surface area is 394 Å². The molecular formula is C64H46N4. The van der Waals surface area contributed by atoms with Crippen molar-refractivity contribution in [1.82, 2.24) is 18.3 Å². The quantitative estimate of drug-likeness (QED) is 0.154. The number of benzene rings is 8. The molecule has 0 saturated heterocycles. The van der Waals surface area contributed by atoms with Crippen molar-refractivity contribution in [2.75, 3.05) is 0 Å². The first-order chi connectivity index (χ1) is 33.5. The average Bonchev–Trinajstić information content (AvgIpc) is 4.16. The van der Waals surface area contributed by atoms with Crippen LogP contribution in [0, 0.1) is 12.3 Å². The van der Waals surface area contributed by atoms with Gasteiger partial charge in [0.25, 0.3) is 0 Å². The van der Waals surface area contributed by atoms with Crippen molar-refractivity contribution >= 4 is 77.2 Å². The summed E-state index contributed by atoms with van der Waals surface area (Å²) in [6.07, 6.45) is 15.6. The zero-order chi connectivity index (χ0) is 45.4. The molecule has 0 radical (unpaired) electrons. The van der Waals surface area contributed by atoms with E-state index in [-0.39, 0.29) is 5.41 Å². The molecule has 2 aliphatic rings. The molecule has 0 saturated carbocycles. The molecule has 4 heterocycles. The molecule has 4 aromatic heterocycles. The third kappa shape index (κ3) is 5.11. The van der Waals surface area contributed by atoms with Crippen LogP contribution in [-0.4, -0.2) is 18.3 Å². The van der Waals surface area contributed by atoms with Gasteiger partial charge in [-0.2, -0.15) is 0 Å². The molecule has 8 aromatic carbocycles. The van der Waals surface area contributed by atoms with Gasteiger partial charge in [-0.3, -0.25) is 0 Å². The van der Waals surface area contributed by atoms with Gasteiger partial charge in [-0.05, 0) is 120 Å². The third-order valence-electron chi connectivity index (χ3n) is 15.3. The molecular weight excluding hydrogens is 825 g/mol. The Morgan fingerprint density at radius 3 is 1.71 bits per heavy atom. The van der Waals surface area contributed by atoms with E-state index in [1.807, 2.05) is 0 Å². The van der Waals surface area contributed by atoms with E-state index < -0.39 is 0 Å². The predicted octanol–water partition coefficient (Wildman–Crippen LogP) is 15.9. The van der Waals surface area contributed by atoms with Crippen molar-refractivity contribution in [2.45, 2.75) is 39.0 Å². The summed E-state index contributed by atoms with van der Waals surface area (Å²) in [7, 11) is 0. The highest BCUT2D eigenvalue weighted by molar-refractivity contribution is 6.16. The first kappa shape index (κ1) is 38.7. The van der Waals surface area contributed by atoms with Crippen LogP contribution in [0.15, 0.2) is 188 Å². The van der Waals surface area contributed by atoms with Crippen LogP contribution in [0.1, 0.15) is 60.8 Å². The SMILES string of the molecule is C#Cc1c(/C(=C\C)n2c3c(c4ccccc42)CCC=C3)c2ccccc2n1-c1ccc2c(c1)-c1cc(-n3c4ccccc4c4c(-n5c6ccccc6c6ccccc65)cccc43)ccc1C2(C)C. The summed E-state index contributed by atoms with van der Waals surface area (Å²) in [6, 6.07) is 64.9. The molecule has 322 valence electrons. The minimum absolute atomic E-state index is 0.203. The molecule has 0 aliphatic heterocycles. The summed E-state index contributed by atoms with van der Waals surface area (Å²) in [5.74, 6) is 3.24. The van der Waals surface area contributed by atoms with Crippen LogP contribution in [0.3, 0.4) is 0 Å². The van der Waals surface area contributed by atoms with E-state index >= 15 is 0 Å². The molecule has 4 nitrogen and oxygen atoms in total. The van der Waals surface area contributed by atoms with Crippen LogP contribution in [0.2, 0.25) is 0 Å². The molecule has 2 aliphatic carbocycles. The van der Waals surface area contributed by atoms with Crippen LogP contribution in [0.25, 0.3) is 105 Å². The second-order valence-electron chi connectivity index (χ2n) is 19.0. The van der Waals surface area contributed by atoms with E-state index in [9.17, 15) is 0 Å². The zero-order valence-corrected chi connectivity index (χ0v) is 38.3. The first-order valence-corrected chi connectivity index (χ1v) is 23.8. The number of rotatable bonds is 5. The van der Waals surface area contributed by atoms with Crippen molar-refractivity contribution in [3.8, 4) is 40.5 Å². The number of allylic oxidation sites excluding steroid dienone is 2. The summed E-state index contributed by atoms with van der Waals surface area (Å²) in [4.78, 5) is 0. The zero-order valence-electron chi connectivity index (χ0n) is 38.3. The second kappa shape index (κ2) is 14.2.